The molecule has 0 fully saturated rings. The van der Waals surface area contributed by atoms with Crippen molar-refractivity contribution in [2.24, 2.45) is 0 Å². The molecule has 0 N–H and O–H groups in total. The molecule has 0 radical (unpaired) electrons. The lowest BCUT2D eigenvalue weighted by Gasteiger charge is -2.16. The van der Waals surface area contributed by atoms with E-state index in [0.29, 0.717) is 24.0 Å². The van der Waals surface area contributed by atoms with Gasteiger partial charge in [-0.25, -0.2) is 19.2 Å². The molecule has 0 bridgehead atoms. The van der Waals surface area contributed by atoms with Crippen molar-refractivity contribution >= 4 is 29.7 Å². The zero-order valence-corrected chi connectivity index (χ0v) is 26.9. The molecule has 3 rings (SSSR count). The molecule has 46 heavy (non-hydrogen) atoms. The van der Waals surface area contributed by atoms with E-state index in [2.05, 4.69) is 6.92 Å². The van der Waals surface area contributed by atoms with Crippen LogP contribution in [0.1, 0.15) is 104 Å². The molecule has 244 valence electrons. The Morgan fingerprint density at radius 1 is 0.565 bits per heavy atom. The first-order chi connectivity index (χ1) is 22.1. The molecule has 3 aromatic carbocycles. The molecule has 0 spiro atoms. The van der Waals surface area contributed by atoms with Crippen molar-refractivity contribution in [1.29, 1.82) is 0 Å². The number of hydrogen-bond acceptors (Lipinski definition) is 9. The fraction of sp³-hybridized carbons (Fsp3) is 0.378. The number of ether oxygens (including phenoxy) is 4. The van der Waals surface area contributed by atoms with E-state index in [1.807, 2.05) is 31.2 Å². The first kappa shape index (κ1) is 35.7. The molecular formula is C37H42O9. The minimum absolute atomic E-state index is 0.125. The highest BCUT2D eigenvalue weighted by Gasteiger charge is 2.26. The minimum Gasteiger partial charge on any atom is -0.463 e. The summed E-state index contributed by atoms with van der Waals surface area (Å²) in [7, 11) is 0. The molecule has 2 atom stereocenters. The van der Waals surface area contributed by atoms with Crippen LogP contribution < -0.4 is 4.74 Å². The van der Waals surface area contributed by atoms with E-state index in [9.17, 15) is 24.0 Å². The molecule has 0 saturated carbocycles. The first-order valence-electron chi connectivity index (χ1n) is 15.8. The third-order valence-corrected chi connectivity index (χ3v) is 7.20. The molecule has 9 heteroatoms. The Labute approximate surface area is 270 Å². The van der Waals surface area contributed by atoms with Crippen LogP contribution in [0, 0.1) is 0 Å². The maximum atomic E-state index is 12.7. The normalized spacial score (nSPS) is 12.0. The number of esters is 4. The van der Waals surface area contributed by atoms with Gasteiger partial charge in [0.1, 0.15) is 5.75 Å². The Morgan fingerprint density at radius 3 is 1.67 bits per heavy atom. The molecule has 9 nitrogen and oxygen atoms in total. The van der Waals surface area contributed by atoms with Gasteiger partial charge in [0.25, 0.3) is 0 Å². The second-order valence-corrected chi connectivity index (χ2v) is 11.0. The van der Waals surface area contributed by atoms with Gasteiger partial charge in [-0.3, -0.25) is 4.79 Å². The van der Waals surface area contributed by atoms with Crippen LogP contribution in [-0.2, 0) is 23.8 Å². The maximum absolute atomic E-state index is 12.7. The Hall–Kier alpha value is -4.79. The van der Waals surface area contributed by atoms with Gasteiger partial charge in [-0.1, -0.05) is 75.9 Å². The lowest BCUT2D eigenvalue weighted by molar-refractivity contribution is -0.171. The van der Waals surface area contributed by atoms with Crippen LogP contribution >= 0.6 is 0 Å². The maximum Gasteiger partial charge on any atom is 0.348 e. The van der Waals surface area contributed by atoms with E-state index in [0.717, 1.165) is 43.2 Å². The van der Waals surface area contributed by atoms with Crippen LogP contribution in [0.4, 0.5) is 0 Å². The molecule has 0 aliphatic carbocycles. The molecule has 0 saturated heterocycles. The summed E-state index contributed by atoms with van der Waals surface area (Å²) in [6, 6.07) is 20.1. The van der Waals surface area contributed by atoms with Gasteiger partial charge < -0.3 is 18.9 Å². The van der Waals surface area contributed by atoms with Gasteiger partial charge in [0.2, 0.25) is 0 Å². The molecule has 0 aliphatic heterocycles. The predicted molar refractivity (Wildman–Crippen MR) is 173 cm³/mol. The number of carbonyl (C=O) groups is 5. The number of Topliss-reactive ketones (excluding diaryl/α,β-unsaturated/α-hetero) is 1. The van der Waals surface area contributed by atoms with E-state index >= 15 is 0 Å². The van der Waals surface area contributed by atoms with E-state index in [1.165, 1.54) is 38.1 Å². The van der Waals surface area contributed by atoms with Crippen LogP contribution in [0.5, 0.6) is 5.75 Å². The standard InChI is InChI=1S/C37H42O9/c1-5-7-9-10-11-33(38)29-16-12-27(13-17-29)28-14-18-30(19-15-28)37(42)46-32-22-20-31(21-23-32)36(41)45-26(4)35(40)44-25(3)34(39)43-24-8-6-2/h12-23,25-26H,5-11,24H2,1-4H3. The number of unbranched alkanes of at least 4 members (excludes halogenated alkanes) is 4. The summed E-state index contributed by atoms with van der Waals surface area (Å²) < 4.78 is 20.7. The highest BCUT2D eigenvalue weighted by Crippen LogP contribution is 2.22. The summed E-state index contributed by atoms with van der Waals surface area (Å²) in [5.74, 6) is -2.57. The zero-order valence-electron chi connectivity index (χ0n) is 26.9. The van der Waals surface area contributed by atoms with Crippen LogP contribution in [0.15, 0.2) is 72.8 Å². The van der Waals surface area contributed by atoms with Crippen LogP contribution in [0.2, 0.25) is 0 Å². The average Bonchev–Trinajstić information content (AvgIpc) is 3.07. The summed E-state index contributed by atoms with van der Waals surface area (Å²) in [6.07, 6.45) is 3.95. The van der Waals surface area contributed by atoms with Crippen molar-refractivity contribution in [3.8, 4) is 16.9 Å². The highest BCUT2D eigenvalue weighted by atomic mass is 16.6. The average molecular weight is 631 g/mol. The fourth-order valence-corrected chi connectivity index (χ4v) is 4.36. The molecule has 0 aliphatic rings. The van der Waals surface area contributed by atoms with Gasteiger partial charge in [0.05, 0.1) is 17.7 Å². The minimum atomic E-state index is -1.26. The van der Waals surface area contributed by atoms with Gasteiger partial charge in [-0.05, 0) is 74.2 Å². The van der Waals surface area contributed by atoms with E-state index in [1.54, 1.807) is 24.3 Å². The molecule has 3 aromatic rings. The van der Waals surface area contributed by atoms with Crippen LogP contribution in [0.3, 0.4) is 0 Å². The Bertz CT molecular complexity index is 1460. The monoisotopic (exact) mass is 630 g/mol. The summed E-state index contributed by atoms with van der Waals surface area (Å²) in [5.41, 5.74) is 2.97. The van der Waals surface area contributed by atoms with Crippen molar-refractivity contribution in [2.75, 3.05) is 6.61 Å². The van der Waals surface area contributed by atoms with Gasteiger partial charge >= 0.3 is 23.9 Å². The SMILES string of the molecule is CCCCCCC(=O)c1ccc(-c2ccc(C(=O)Oc3ccc(C(=O)OC(C)C(=O)OC(C)C(=O)OCCCC)cc3)cc2)cc1. The third-order valence-electron chi connectivity index (χ3n) is 7.20. The van der Waals surface area contributed by atoms with Gasteiger partial charge in [-0.2, -0.15) is 0 Å². The molecule has 0 heterocycles. The van der Waals surface area contributed by atoms with Gasteiger partial charge in [0, 0.05) is 12.0 Å². The van der Waals surface area contributed by atoms with Crippen molar-refractivity contribution < 1.29 is 42.9 Å². The van der Waals surface area contributed by atoms with Gasteiger partial charge in [-0.15, -0.1) is 0 Å². The summed E-state index contributed by atoms with van der Waals surface area (Å²) in [5, 5.41) is 0. The van der Waals surface area contributed by atoms with E-state index in [-0.39, 0.29) is 23.7 Å². The smallest absolute Gasteiger partial charge is 0.348 e. The van der Waals surface area contributed by atoms with Crippen molar-refractivity contribution in [3.05, 3.63) is 89.5 Å². The Kier molecular flexibility index (Phi) is 14.2. The summed E-state index contributed by atoms with van der Waals surface area (Å²) in [4.78, 5) is 61.9. The molecule has 2 unspecified atom stereocenters. The molecular weight excluding hydrogens is 588 g/mol. The van der Waals surface area contributed by atoms with Gasteiger partial charge in [0.15, 0.2) is 18.0 Å². The molecule has 0 aromatic heterocycles. The first-order valence-corrected chi connectivity index (χ1v) is 15.8. The number of ketones is 1. The third kappa shape index (κ3) is 11.0. The fourth-order valence-electron chi connectivity index (χ4n) is 4.36. The number of benzene rings is 3. The second kappa shape index (κ2) is 18.2. The predicted octanol–water partition coefficient (Wildman–Crippen LogP) is 7.55. The lowest BCUT2D eigenvalue weighted by atomic mass is 9.99. The largest absolute Gasteiger partial charge is 0.463 e. The Balaban J connectivity index is 1.49. The summed E-state index contributed by atoms with van der Waals surface area (Å²) in [6.45, 7) is 7.05. The number of rotatable bonds is 17. The van der Waals surface area contributed by atoms with Crippen LogP contribution in [-0.4, -0.2) is 48.5 Å². The highest BCUT2D eigenvalue weighted by molar-refractivity contribution is 5.96. The van der Waals surface area contributed by atoms with E-state index in [4.69, 9.17) is 18.9 Å². The topological polar surface area (TPSA) is 122 Å². The Morgan fingerprint density at radius 2 is 1.09 bits per heavy atom. The molecule has 0 amide bonds. The van der Waals surface area contributed by atoms with Crippen molar-refractivity contribution in [1.82, 2.24) is 0 Å². The van der Waals surface area contributed by atoms with Crippen molar-refractivity contribution in [3.63, 3.8) is 0 Å². The number of hydrogen-bond donors (Lipinski definition) is 0. The zero-order chi connectivity index (χ0) is 33.5. The summed E-state index contributed by atoms with van der Waals surface area (Å²) >= 11 is 0. The van der Waals surface area contributed by atoms with E-state index < -0.39 is 36.1 Å². The lowest BCUT2D eigenvalue weighted by Crippen LogP contribution is -2.33. The van der Waals surface area contributed by atoms with Crippen molar-refractivity contribution in [2.45, 2.75) is 84.8 Å². The van der Waals surface area contributed by atoms with Crippen LogP contribution in [0.25, 0.3) is 11.1 Å². The quantitative estimate of drug-likeness (QED) is 0.0489. The number of carbonyl (C=O) groups excluding carboxylic acids is 5. The second-order valence-electron chi connectivity index (χ2n) is 11.0.